The normalized spacial score (nSPS) is 15.2. The van der Waals surface area contributed by atoms with Crippen LogP contribution in [0.5, 0.6) is 11.5 Å². The summed E-state index contributed by atoms with van der Waals surface area (Å²) in [4.78, 5) is 17.1. The SMILES string of the molecule is COc1ccc(CN2CCCN(C(=O)c3ccccc3Cl)CC2)c(Br)c1OC. The summed E-state index contributed by atoms with van der Waals surface area (Å²) in [5.74, 6) is 1.40. The fraction of sp³-hybridized carbons (Fsp3) is 0.381. The highest BCUT2D eigenvalue weighted by Gasteiger charge is 2.23. The zero-order chi connectivity index (χ0) is 20.1. The van der Waals surface area contributed by atoms with Crippen molar-refractivity contribution >= 4 is 33.4 Å². The largest absolute Gasteiger partial charge is 0.493 e. The summed E-state index contributed by atoms with van der Waals surface area (Å²) in [6.45, 7) is 3.90. The lowest BCUT2D eigenvalue weighted by atomic mass is 10.2. The van der Waals surface area contributed by atoms with Crippen LogP contribution in [0.25, 0.3) is 0 Å². The predicted molar refractivity (Wildman–Crippen MR) is 114 cm³/mol. The summed E-state index contributed by atoms with van der Waals surface area (Å²) in [5, 5.41) is 0.503. The van der Waals surface area contributed by atoms with E-state index >= 15 is 0 Å². The summed E-state index contributed by atoms with van der Waals surface area (Å²) in [5.41, 5.74) is 1.70. The molecule has 1 aliphatic rings. The standard InChI is InChI=1S/C21H24BrClN2O3/c1-27-18-9-8-15(19(22)20(18)28-2)14-24-10-5-11-25(13-12-24)21(26)16-6-3-4-7-17(16)23/h3-4,6-9H,5,10-14H2,1-2H3. The van der Waals surface area contributed by atoms with Crippen LogP contribution in [0.2, 0.25) is 5.02 Å². The van der Waals surface area contributed by atoms with Crippen LogP contribution in [-0.2, 0) is 6.54 Å². The van der Waals surface area contributed by atoms with E-state index in [1.807, 2.05) is 29.2 Å². The van der Waals surface area contributed by atoms with Gasteiger partial charge in [0.2, 0.25) is 0 Å². The lowest BCUT2D eigenvalue weighted by Crippen LogP contribution is -2.35. The van der Waals surface area contributed by atoms with Gasteiger partial charge in [-0.05, 0) is 46.1 Å². The van der Waals surface area contributed by atoms with Crippen molar-refractivity contribution in [2.24, 2.45) is 0 Å². The molecule has 1 saturated heterocycles. The number of rotatable bonds is 5. The Hall–Kier alpha value is -1.76. The van der Waals surface area contributed by atoms with Gasteiger partial charge < -0.3 is 14.4 Å². The molecule has 0 aromatic heterocycles. The number of nitrogens with zero attached hydrogens (tertiary/aromatic N) is 2. The Labute approximate surface area is 179 Å². The summed E-state index contributed by atoms with van der Waals surface area (Å²) < 4.78 is 11.7. The molecule has 0 saturated carbocycles. The van der Waals surface area contributed by atoms with Gasteiger partial charge in [0.1, 0.15) is 0 Å². The fourth-order valence-electron chi connectivity index (χ4n) is 3.43. The number of amides is 1. The van der Waals surface area contributed by atoms with Crippen LogP contribution < -0.4 is 9.47 Å². The summed E-state index contributed by atoms with van der Waals surface area (Å²) in [7, 11) is 3.26. The predicted octanol–water partition coefficient (Wildman–Crippen LogP) is 4.47. The van der Waals surface area contributed by atoms with E-state index < -0.39 is 0 Å². The molecule has 1 heterocycles. The van der Waals surface area contributed by atoms with Crippen molar-refractivity contribution < 1.29 is 14.3 Å². The maximum atomic E-state index is 12.8. The molecule has 0 N–H and O–H groups in total. The quantitative estimate of drug-likeness (QED) is 0.651. The maximum Gasteiger partial charge on any atom is 0.255 e. The van der Waals surface area contributed by atoms with Crippen LogP contribution >= 0.6 is 27.5 Å². The molecule has 0 radical (unpaired) electrons. The van der Waals surface area contributed by atoms with Gasteiger partial charge in [0.25, 0.3) is 5.91 Å². The Morgan fingerprint density at radius 2 is 1.86 bits per heavy atom. The van der Waals surface area contributed by atoms with Gasteiger partial charge in [-0.25, -0.2) is 0 Å². The molecular formula is C21H24BrClN2O3. The van der Waals surface area contributed by atoms with E-state index in [4.69, 9.17) is 21.1 Å². The lowest BCUT2D eigenvalue weighted by Gasteiger charge is -2.23. The van der Waals surface area contributed by atoms with E-state index in [0.29, 0.717) is 28.6 Å². The van der Waals surface area contributed by atoms with Crippen LogP contribution in [0.1, 0.15) is 22.3 Å². The number of ether oxygens (including phenoxy) is 2. The highest BCUT2D eigenvalue weighted by molar-refractivity contribution is 9.10. The molecule has 1 fully saturated rings. The van der Waals surface area contributed by atoms with Crippen LogP contribution in [0.3, 0.4) is 0 Å². The number of carbonyl (C=O) groups excluding carboxylic acids is 1. The minimum absolute atomic E-state index is 0.000234. The molecule has 5 nitrogen and oxygen atoms in total. The van der Waals surface area contributed by atoms with Gasteiger partial charge in [0.15, 0.2) is 11.5 Å². The van der Waals surface area contributed by atoms with Crippen molar-refractivity contribution in [1.29, 1.82) is 0 Å². The molecular weight excluding hydrogens is 444 g/mol. The molecule has 1 aliphatic heterocycles. The number of methoxy groups -OCH3 is 2. The van der Waals surface area contributed by atoms with E-state index in [0.717, 1.165) is 42.6 Å². The Bertz CT molecular complexity index is 846. The zero-order valence-corrected chi connectivity index (χ0v) is 18.4. The second kappa shape index (κ2) is 9.63. The van der Waals surface area contributed by atoms with Crippen molar-refractivity contribution in [3.8, 4) is 11.5 Å². The van der Waals surface area contributed by atoms with Crippen molar-refractivity contribution in [3.63, 3.8) is 0 Å². The van der Waals surface area contributed by atoms with Crippen LogP contribution in [-0.4, -0.2) is 56.1 Å². The summed E-state index contributed by atoms with van der Waals surface area (Å²) in [6, 6.07) is 11.2. The van der Waals surface area contributed by atoms with E-state index in [9.17, 15) is 4.79 Å². The second-order valence-corrected chi connectivity index (χ2v) is 7.88. The van der Waals surface area contributed by atoms with Gasteiger partial charge >= 0.3 is 0 Å². The Kier molecular flexibility index (Phi) is 7.21. The maximum absolute atomic E-state index is 12.8. The van der Waals surface area contributed by atoms with Crippen molar-refractivity contribution in [1.82, 2.24) is 9.80 Å². The Morgan fingerprint density at radius 3 is 2.57 bits per heavy atom. The highest BCUT2D eigenvalue weighted by atomic mass is 79.9. The number of hydrogen-bond acceptors (Lipinski definition) is 4. The van der Waals surface area contributed by atoms with Crippen LogP contribution in [0.4, 0.5) is 0 Å². The fourth-order valence-corrected chi connectivity index (χ4v) is 4.26. The molecule has 1 amide bonds. The molecule has 0 spiro atoms. The molecule has 2 aromatic carbocycles. The molecule has 3 rings (SSSR count). The first-order valence-corrected chi connectivity index (χ1v) is 10.4. The molecule has 2 aromatic rings. The molecule has 28 heavy (non-hydrogen) atoms. The van der Waals surface area contributed by atoms with Crippen molar-refractivity contribution in [3.05, 3.63) is 57.0 Å². The molecule has 0 bridgehead atoms. The van der Waals surface area contributed by atoms with Gasteiger partial charge in [0.05, 0.1) is 29.3 Å². The molecule has 7 heteroatoms. The van der Waals surface area contributed by atoms with E-state index in [2.05, 4.69) is 20.8 Å². The Morgan fingerprint density at radius 1 is 1.07 bits per heavy atom. The number of benzene rings is 2. The third-order valence-electron chi connectivity index (χ3n) is 4.94. The number of hydrogen-bond donors (Lipinski definition) is 0. The van der Waals surface area contributed by atoms with Crippen molar-refractivity contribution in [2.75, 3.05) is 40.4 Å². The summed E-state index contributed by atoms with van der Waals surface area (Å²) in [6.07, 6.45) is 0.918. The van der Waals surface area contributed by atoms with Crippen LogP contribution in [0, 0.1) is 0 Å². The number of halogens is 2. The van der Waals surface area contributed by atoms with Gasteiger partial charge in [-0.15, -0.1) is 0 Å². The first kappa shape index (κ1) is 21.0. The first-order chi connectivity index (χ1) is 13.5. The summed E-state index contributed by atoms with van der Waals surface area (Å²) >= 11 is 9.84. The van der Waals surface area contributed by atoms with Crippen LogP contribution in [0.15, 0.2) is 40.9 Å². The molecule has 150 valence electrons. The average molecular weight is 468 g/mol. The van der Waals surface area contributed by atoms with Gasteiger partial charge in [-0.3, -0.25) is 9.69 Å². The van der Waals surface area contributed by atoms with E-state index in [1.54, 1.807) is 26.4 Å². The monoisotopic (exact) mass is 466 g/mol. The third-order valence-corrected chi connectivity index (χ3v) is 6.14. The highest BCUT2D eigenvalue weighted by Crippen LogP contribution is 2.38. The van der Waals surface area contributed by atoms with Gasteiger partial charge in [0, 0.05) is 32.7 Å². The smallest absolute Gasteiger partial charge is 0.255 e. The number of carbonyl (C=O) groups is 1. The first-order valence-electron chi connectivity index (χ1n) is 9.20. The molecule has 0 atom stereocenters. The zero-order valence-electron chi connectivity index (χ0n) is 16.1. The topological polar surface area (TPSA) is 42.0 Å². The second-order valence-electron chi connectivity index (χ2n) is 6.68. The third kappa shape index (κ3) is 4.62. The van der Waals surface area contributed by atoms with Gasteiger partial charge in [-0.1, -0.05) is 29.8 Å². The molecule has 0 unspecified atom stereocenters. The van der Waals surface area contributed by atoms with Gasteiger partial charge in [-0.2, -0.15) is 0 Å². The lowest BCUT2D eigenvalue weighted by molar-refractivity contribution is 0.0761. The minimum Gasteiger partial charge on any atom is -0.493 e. The van der Waals surface area contributed by atoms with Crippen molar-refractivity contribution in [2.45, 2.75) is 13.0 Å². The van der Waals surface area contributed by atoms with E-state index in [-0.39, 0.29) is 5.91 Å². The Balaban J connectivity index is 1.68. The van der Waals surface area contributed by atoms with E-state index in [1.165, 1.54) is 0 Å². The molecule has 0 aliphatic carbocycles. The average Bonchev–Trinajstić information content (AvgIpc) is 2.94. The minimum atomic E-state index is -0.000234.